The lowest BCUT2D eigenvalue weighted by atomic mass is 10.3. The third-order valence-electron chi connectivity index (χ3n) is 3.21. The Hall–Kier alpha value is -2.41. The number of fused-ring (bicyclic) bond motifs is 1. The van der Waals surface area contributed by atoms with Gasteiger partial charge in [-0.25, -0.2) is 4.98 Å². The molecule has 0 saturated heterocycles. The molecule has 1 aromatic carbocycles. The number of rotatable bonds is 6. The quantitative estimate of drug-likeness (QED) is 0.643. The first-order valence-electron chi connectivity index (χ1n) is 7.31. The van der Waals surface area contributed by atoms with E-state index in [4.69, 9.17) is 8.60 Å². The highest BCUT2D eigenvalue weighted by Crippen LogP contribution is 2.26. The standard InChI is InChI=1S/C16H16N2O4S/c1-2-3-10-23(19,20)22-12-7-8-13-15(11-12)21-16(18-13)14-6-4-5-9-17-14/h4-9,11H,2-3,10H2,1H3. The SMILES string of the molecule is CCCCS(=O)(=O)Oc1ccc2nc(-c3ccccn3)oc2c1. The van der Waals surface area contributed by atoms with Crippen LogP contribution in [0.25, 0.3) is 22.7 Å². The molecule has 0 amide bonds. The van der Waals surface area contributed by atoms with Crippen LogP contribution in [0.3, 0.4) is 0 Å². The van der Waals surface area contributed by atoms with E-state index in [1.807, 2.05) is 13.0 Å². The molecule has 0 bridgehead atoms. The van der Waals surface area contributed by atoms with Crippen LogP contribution < -0.4 is 4.18 Å². The molecule has 0 aliphatic rings. The lowest BCUT2D eigenvalue weighted by Crippen LogP contribution is -2.13. The highest BCUT2D eigenvalue weighted by atomic mass is 32.2. The van der Waals surface area contributed by atoms with Crippen molar-refractivity contribution in [1.82, 2.24) is 9.97 Å². The van der Waals surface area contributed by atoms with Gasteiger partial charge in [-0.2, -0.15) is 8.42 Å². The van der Waals surface area contributed by atoms with E-state index in [9.17, 15) is 8.42 Å². The number of pyridine rings is 1. The summed E-state index contributed by atoms with van der Waals surface area (Å²) in [6.07, 6.45) is 3.01. The Bertz CT molecular complexity index is 904. The predicted molar refractivity (Wildman–Crippen MR) is 86.6 cm³/mol. The van der Waals surface area contributed by atoms with Gasteiger partial charge in [-0.1, -0.05) is 19.4 Å². The molecule has 120 valence electrons. The summed E-state index contributed by atoms with van der Waals surface area (Å²) in [6.45, 7) is 1.93. The summed E-state index contributed by atoms with van der Waals surface area (Å²) < 4.78 is 34.4. The normalized spacial score (nSPS) is 11.7. The minimum Gasteiger partial charge on any atom is -0.435 e. The van der Waals surface area contributed by atoms with Gasteiger partial charge in [0.1, 0.15) is 17.0 Å². The highest BCUT2D eigenvalue weighted by Gasteiger charge is 2.14. The Morgan fingerprint density at radius 2 is 2.09 bits per heavy atom. The Kier molecular flexibility index (Phi) is 4.29. The number of oxazole rings is 1. The average molecular weight is 332 g/mol. The zero-order valence-electron chi connectivity index (χ0n) is 12.6. The maximum Gasteiger partial charge on any atom is 0.309 e. The predicted octanol–water partition coefficient (Wildman–Crippen LogP) is 3.40. The monoisotopic (exact) mass is 332 g/mol. The molecule has 23 heavy (non-hydrogen) atoms. The van der Waals surface area contributed by atoms with E-state index in [0.717, 1.165) is 6.42 Å². The number of unbranched alkanes of at least 4 members (excludes halogenated alkanes) is 1. The summed E-state index contributed by atoms with van der Waals surface area (Å²) in [6, 6.07) is 10.2. The van der Waals surface area contributed by atoms with Crippen LogP contribution in [0.2, 0.25) is 0 Å². The summed E-state index contributed by atoms with van der Waals surface area (Å²) in [5, 5.41) is 0. The molecule has 0 aliphatic heterocycles. The highest BCUT2D eigenvalue weighted by molar-refractivity contribution is 7.87. The Morgan fingerprint density at radius 3 is 2.83 bits per heavy atom. The van der Waals surface area contributed by atoms with Crippen LogP contribution in [0.1, 0.15) is 19.8 Å². The second kappa shape index (κ2) is 6.37. The third-order valence-corrected chi connectivity index (χ3v) is 4.45. The topological polar surface area (TPSA) is 82.3 Å². The molecule has 2 heterocycles. The summed E-state index contributed by atoms with van der Waals surface area (Å²) in [4.78, 5) is 8.51. The van der Waals surface area contributed by atoms with E-state index in [2.05, 4.69) is 9.97 Å². The number of aromatic nitrogens is 2. The smallest absolute Gasteiger partial charge is 0.309 e. The number of nitrogens with zero attached hydrogens (tertiary/aromatic N) is 2. The van der Waals surface area contributed by atoms with Gasteiger partial charge in [0.15, 0.2) is 5.58 Å². The van der Waals surface area contributed by atoms with Crippen molar-refractivity contribution in [2.24, 2.45) is 0 Å². The molecule has 2 aromatic heterocycles. The molecule has 6 nitrogen and oxygen atoms in total. The Morgan fingerprint density at radius 1 is 1.22 bits per heavy atom. The van der Waals surface area contributed by atoms with Crippen LogP contribution in [-0.4, -0.2) is 24.1 Å². The first-order chi connectivity index (χ1) is 11.1. The third kappa shape index (κ3) is 3.68. The van der Waals surface area contributed by atoms with Gasteiger partial charge in [-0.05, 0) is 30.7 Å². The minimum atomic E-state index is -3.59. The van der Waals surface area contributed by atoms with Gasteiger partial charge in [-0.15, -0.1) is 0 Å². The van der Waals surface area contributed by atoms with Crippen LogP contribution in [-0.2, 0) is 10.1 Å². The largest absolute Gasteiger partial charge is 0.435 e. The fourth-order valence-corrected chi connectivity index (χ4v) is 3.19. The van der Waals surface area contributed by atoms with Gasteiger partial charge in [0.25, 0.3) is 0 Å². The molecule has 0 radical (unpaired) electrons. The summed E-state index contributed by atoms with van der Waals surface area (Å²) in [5.74, 6) is 0.598. The van der Waals surface area contributed by atoms with Crippen molar-refractivity contribution >= 4 is 21.2 Å². The lowest BCUT2D eigenvalue weighted by molar-refractivity contribution is 0.483. The van der Waals surface area contributed by atoms with Crippen molar-refractivity contribution in [3.63, 3.8) is 0 Å². The molecule has 3 aromatic rings. The number of hydrogen-bond donors (Lipinski definition) is 0. The van der Waals surface area contributed by atoms with Crippen molar-refractivity contribution in [1.29, 1.82) is 0 Å². The number of hydrogen-bond acceptors (Lipinski definition) is 6. The summed E-state index contributed by atoms with van der Waals surface area (Å²) in [5.41, 5.74) is 1.68. The van der Waals surface area contributed by atoms with E-state index < -0.39 is 10.1 Å². The molecule has 0 N–H and O–H groups in total. The van der Waals surface area contributed by atoms with Crippen LogP contribution >= 0.6 is 0 Å². The van der Waals surface area contributed by atoms with Crippen LogP contribution in [0.4, 0.5) is 0 Å². The molecule has 0 fully saturated rings. The molecular formula is C16H16N2O4S. The Balaban J connectivity index is 1.88. The lowest BCUT2D eigenvalue weighted by Gasteiger charge is -2.05. The van der Waals surface area contributed by atoms with E-state index in [1.54, 1.807) is 30.5 Å². The van der Waals surface area contributed by atoms with Gasteiger partial charge >= 0.3 is 10.1 Å². The minimum absolute atomic E-state index is 0.00285. The Labute approximate surface area is 134 Å². The molecule has 0 saturated carbocycles. The molecule has 0 spiro atoms. The average Bonchev–Trinajstić information content (AvgIpc) is 2.97. The van der Waals surface area contributed by atoms with Crippen molar-refractivity contribution in [2.45, 2.75) is 19.8 Å². The van der Waals surface area contributed by atoms with E-state index in [-0.39, 0.29) is 11.5 Å². The fourth-order valence-electron chi connectivity index (χ4n) is 2.06. The van der Waals surface area contributed by atoms with E-state index in [0.29, 0.717) is 29.1 Å². The zero-order valence-corrected chi connectivity index (χ0v) is 13.4. The van der Waals surface area contributed by atoms with Gasteiger partial charge in [0.05, 0.1) is 5.75 Å². The van der Waals surface area contributed by atoms with Crippen LogP contribution in [0.5, 0.6) is 5.75 Å². The second-order valence-corrected chi connectivity index (χ2v) is 6.75. The molecule has 7 heteroatoms. The van der Waals surface area contributed by atoms with Crippen LogP contribution in [0, 0.1) is 0 Å². The van der Waals surface area contributed by atoms with Gasteiger partial charge in [0, 0.05) is 12.3 Å². The fraction of sp³-hybridized carbons (Fsp3) is 0.250. The first-order valence-corrected chi connectivity index (χ1v) is 8.89. The zero-order chi connectivity index (χ0) is 16.3. The first kappa shape index (κ1) is 15.5. The van der Waals surface area contributed by atoms with Crippen LogP contribution in [0.15, 0.2) is 47.0 Å². The molecule has 0 aliphatic carbocycles. The second-order valence-electron chi connectivity index (χ2n) is 5.06. The summed E-state index contributed by atoms with van der Waals surface area (Å²) >= 11 is 0. The van der Waals surface area contributed by atoms with E-state index >= 15 is 0 Å². The van der Waals surface area contributed by atoms with Gasteiger partial charge in [-0.3, -0.25) is 4.98 Å². The van der Waals surface area contributed by atoms with Crippen molar-refractivity contribution in [3.8, 4) is 17.3 Å². The van der Waals surface area contributed by atoms with Crippen molar-refractivity contribution < 1.29 is 17.0 Å². The molecular weight excluding hydrogens is 316 g/mol. The molecule has 3 rings (SSSR count). The van der Waals surface area contributed by atoms with E-state index in [1.165, 1.54) is 6.07 Å². The molecule has 0 atom stereocenters. The molecule has 0 unspecified atom stereocenters. The maximum atomic E-state index is 11.8. The number of benzene rings is 1. The van der Waals surface area contributed by atoms with Crippen molar-refractivity contribution in [2.75, 3.05) is 5.75 Å². The summed E-state index contributed by atoms with van der Waals surface area (Å²) in [7, 11) is -3.59. The van der Waals surface area contributed by atoms with Gasteiger partial charge in [0.2, 0.25) is 5.89 Å². The van der Waals surface area contributed by atoms with Gasteiger partial charge < -0.3 is 8.60 Å². The van der Waals surface area contributed by atoms with Crippen molar-refractivity contribution in [3.05, 3.63) is 42.6 Å². The maximum absolute atomic E-state index is 11.8.